The Bertz CT molecular complexity index is 434. The van der Waals surface area contributed by atoms with E-state index in [1.807, 2.05) is 6.92 Å². The van der Waals surface area contributed by atoms with Gasteiger partial charge in [-0.3, -0.25) is 9.59 Å². The average molecular weight is 475 g/mol. The molecule has 0 rings (SSSR count). The molecular formula is C26H52KLiO4. The number of unbranched alkanes of at least 4 members (excludes halogenated alkanes) is 15. The quantitative estimate of drug-likeness (QED) is 0.0800. The fourth-order valence-corrected chi connectivity index (χ4v) is 4.10. The van der Waals surface area contributed by atoms with Gasteiger partial charge in [0.15, 0.2) is 0 Å². The SMILES string of the molecule is CCCCCCCCCCCCC(C)(CCCCCCCCC)OC(=O)CC(=O)O.[KH].[LiH]. The summed E-state index contributed by atoms with van der Waals surface area (Å²) in [5.74, 6) is -1.71. The fourth-order valence-electron chi connectivity index (χ4n) is 4.10. The first-order chi connectivity index (χ1) is 14.4. The van der Waals surface area contributed by atoms with Gasteiger partial charge < -0.3 is 9.84 Å². The Kier molecular flexibility index (Phi) is 31.6. The summed E-state index contributed by atoms with van der Waals surface area (Å²) in [5.41, 5.74) is -0.518. The molecule has 0 saturated heterocycles. The van der Waals surface area contributed by atoms with Crippen LogP contribution in [0.2, 0.25) is 0 Å². The Morgan fingerprint density at radius 1 is 0.656 bits per heavy atom. The zero-order valence-corrected chi connectivity index (χ0v) is 20.3. The van der Waals surface area contributed by atoms with Crippen molar-refractivity contribution in [2.24, 2.45) is 0 Å². The molecule has 0 aromatic carbocycles. The molecule has 32 heavy (non-hydrogen) atoms. The molecule has 1 N–H and O–H groups in total. The minimum atomic E-state index is -1.11. The molecule has 182 valence electrons. The summed E-state index contributed by atoms with van der Waals surface area (Å²) in [5, 5.41) is 8.86. The first-order valence-electron chi connectivity index (χ1n) is 12.9. The maximum absolute atomic E-state index is 12.0. The van der Waals surface area contributed by atoms with Crippen LogP contribution in [0.15, 0.2) is 0 Å². The van der Waals surface area contributed by atoms with E-state index in [2.05, 4.69) is 13.8 Å². The standard InChI is InChI=1S/C26H50O4.K.Li.2H/c1-4-6-8-10-12-13-14-16-18-20-22-26(3,30-25(29)23-24(27)28)21-19-17-15-11-9-7-5-2;;;;/h4-23H2,1-3H3,(H,27,28);;;;. The van der Waals surface area contributed by atoms with Crippen molar-refractivity contribution in [1.29, 1.82) is 0 Å². The van der Waals surface area contributed by atoms with Crippen molar-refractivity contribution in [1.82, 2.24) is 0 Å². The maximum atomic E-state index is 12.0. The second kappa shape index (κ2) is 26.8. The van der Waals surface area contributed by atoms with Crippen LogP contribution in [0.4, 0.5) is 0 Å². The molecule has 0 aliphatic rings. The van der Waals surface area contributed by atoms with Crippen molar-refractivity contribution in [2.75, 3.05) is 0 Å². The average Bonchev–Trinajstić information content (AvgIpc) is 2.68. The van der Waals surface area contributed by atoms with Gasteiger partial charge in [-0.2, -0.15) is 0 Å². The van der Waals surface area contributed by atoms with Crippen LogP contribution in [0, 0.1) is 0 Å². The van der Waals surface area contributed by atoms with Crippen molar-refractivity contribution in [3.8, 4) is 0 Å². The molecule has 0 aromatic rings. The van der Waals surface area contributed by atoms with E-state index in [0.29, 0.717) is 0 Å². The molecule has 0 radical (unpaired) electrons. The van der Waals surface area contributed by atoms with Gasteiger partial charge in [0, 0.05) is 0 Å². The number of hydrogen-bond acceptors (Lipinski definition) is 3. The van der Waals surface area contributed by atoms with Gasteiger partial charge in [0.1, 0.15) is 12.0 Å². The van der Waals surface area contributed by atoms with Gasteiger partial charge >= 0.3 is 82.2 Å². The third kappa shape index (κ3) is 25.8. The van der Waals surface area contributed by atoms with Crippen molar-refractivity contribution >= 4 is 82.2 Å². The van der Waals surface area contributed by atoms with Crippen LogP contribution in [-0.2, 0) is 14.3 Å². The Morgan fingerprint density at radius 2 is 0.969 bits per heavy atom. The van der Waals surface area contributed by atoms with Crippen molar-refractivity contribution < 1.29 is 19.4 Å². The van der Waals surface area contributed by atoms with Crippen LogP contribution in [-0.4, -0.2) is 92.9 Å². The summed E-state index contributed by atoms with van der Waals surface area (Å²) in [7, 11) is 0. The zero-order chi connectivity index (χ0) is 22.5. The molecule has 0 aromatic heterocycles. The number of carbonyl (C=O) groups excluding carboxylic acids is 1. The van der Waals surface area contributed by atoms with E-state index >= 15 is 0 Å². The normalized spacial score (nSPS) is 12.3. The zero-order valence-electron chi connectivity index (χ0n) is 20.3. The molecule has 6 heteroatoms. The molecule has 0 aliphatic carbocycles. The Hall–Kier alpha value is 1.17. The number of rotatable bonds is 22. The van der Waals surface area contributed by atoms with Crippen LogP contribution in [0.25, 0.3) is 0 Å². The molecule has 1 atom stereocenters. The molecule has 0 amide bonds. The molecule has 0 spiro atoms. The van der Waals surface area contributed by atoms with E-state index in [4.69, 9.17) is 9.84 Å². The predicted octanol–water partition coefficient (Wildman–Crippen LogP) is 6.92. The van der Waals surface area contributed by atoms with Crippen molar-refractivity contribution in [2.45, 2.75) is 155 Å². The number of hydrogen-bond donors (Lipinski definition) is 1. The third-order valence-electron chi connectivity index (χ3n) is 6.02. The molecule has 0 heterocycles. The second-order valence-corrected chi connectivity index (χ2v) is 9.30. The van der Waals surface area contributed by atoms with E-state index in [9.17, 15) is 9.59 Å². The van der Waals surface area contributed by atoms with E-state index in [1.54, 1.807) is 0 Å². The molecule has 4 nitrogen and oxygen atoms in total. The molecule has 0 aliphatic heterocycles. The van der Waals surface area contributed by atoms with Crippen LogP contribution in [0.3, 0.4) is 0 Å². The Labute approximate surface area is 253 Å². The Balaban J connectivity index is -0.00000420. The molecular weight excluding hydrogens is 422 g/mol. The van der Waals surface area contributed by atoms with Gasteiger partial charge in [0.25, 0.3) is 0 Å². The summed E-state index contributed by atoms with van der Waals surface area (Å²) in [6, 6.07) is 0. The summed E-state index contributed by atoms with van der Waals surface area (Å²) >= 11 is 0. The summed E-state index contributed by atoms with van der Waals surface area (Å²) < 4.78 is 5.66. The van der Waals surface area contributed by atoms with Crippen LogP contribution in [0.5, 0.6) is 0 Å². The topological polar surface area (TPSA) is 63.6 Å². The number of aliphatic carboxylic acids is 1. The minimum absolute atomic E-state index is 0. The van der Waals surface area contributed by atoms with Gasteiger partial charge in [0.05, 0.1) is 0 Å². The summed E-state index contributed by atoms with van der Waals surface area (Å²) in [6.45, 7) is 6.47. The number of esters is 1. The van der Waals surface area contributed by atoms with Gasteiger partial charge in [-0.1, -0.05) is 110 Å². The van der Waals surface area contributed by atoms with E-state index in [1.165, 1.54) is 83.5 Å². The number of carboxylic acid groups (broad SMARTS) is 1. The van der Waals surface area contributed by atoms with E-state index in [0.717, 1.165) is 38.5 Å². The van der Waals surface area contributed by atoms with E-state index in [-0.39, 0.29) is 70.2 Å². The Morgan fingerprint density at radius 3 is 1.28 bits per heavy atom. The molecule has 0 bridgehead atoms. The summed E-state index contributed by atoms with van der Waals surface area (Å²) in [6.07, 6.45) is 22.5. The third-order valence-corrected chi connectivity index (χ3v) is 6.02. The predicted molar refractivity (Wildman–Crippen MR) is 140 cm³/mol. The van der Waals surface area contributed by atoms with Crippen LogP contribution >= 0.6 is 0 Å². The number of carbonyl (C=O) groups is 2. The molecule has 0 saturated carbocycles. The second-order valence-electron chi connectivity index (χ2n) is 9.30. The van der Waals surface area contributed by atoms with Crippen molar-refractivity contribution in [3.05, 3.63) is 0 Å². The first-order valence-corrected chi connectivity index (χ1v) is 12.9. The van der Waals surface area contributed by atoms with Gasteiger partial charge in [-0.05, 0) is 32.6 Å². The number of ether oxygens (including phenoxy) is 1. The first kappa shape index (κ1) is 37.7. The monoisotopic (exact) mass is 474 g/mol. The molecule has 0 fully saturated rings. The van der Waals surface area contributed by atoms with Gasteiger partial charge in [-0.25, -0.2) is 0 Å². The fraction of sp³-hybridized carbons (Fsp3) is 0.923. The number of carboxylic acids is 1. The van der Waals surface area contributed by atoms with Gasteiger partial charge in [0.2, 0.25) is 0 Å². The van der Waals surface area contributed by atoms with Gasteiger partial charge in [-0.15, -0.1) is 0 Å². The van der Waals surface area contributed by atoms with Crippen LogP contribution in [0.1, 0.15) is 149 Å². The van der Waals surface area contributed by atoms with Crippen molar-refractivity contribution in [3.63, 3.8) is 0 Å². The van der Waals surface area contributed by atoms with E-state index < -0.39 is 24.0 Å². The van der Waals surface area contributed by atoms with Crippen LogP contribution < -0.4 is 0 Å². The summed E-state index contributed by atoms with van der Waals surface area (Å²) in [4.78, 5) is 22.8. The molecule has 1 unspecified atom stereocenters.